The second kappa shape index (κ2) is 13.6. The largest absolute Gasteiger partial charge is 0.428 e. The van der Waals surface area contributed by atoms with E-state index < -0.39 is 46.4 Å². The monoisotopic (exact) mass is 588 g/mol. The molecule has 2 bridgehead atoms. The Morgan fingerprint density at radius 2 is 1.50 bits per heavy atom. The fourth-order valence-corrected chi connectivity index (χ4v) is 8.78. The SMILES string of the molecule is CCCCCCCCCCCCCCCC(=O)OC1=CC2C(=O)C3(C=C(C)C(O)C3(O)C1O)C(C)CC1C2C1(C)CO. The van der Waals surface area contributed by atoms with E-state index in [1.54, 1.807) is 13.0 Å². The van der Waals surface area contributed by atoms with Gasteiger partial charge in [-0.1, -0.05) is 104 Å². The summed E-state index contributed by atoms with van der Waals surface area (Å²) < 4.78 is 5.71. The molecule has 4 aliphatic carbocycles. The highest BCUT2D eigenvalue weighted by Crippen LogP contribution is 2.71. The fourth-order valence-electron chi connectivity index (χ4n) is 8.78. The van der Waals surface area contributed by atoms with Gasteiger partial charge in [-0.25, -0.2) is 0 Å². The minimum atomic E-state index is -2.24. The maximum absolute atomic E-state index is 14.3. The van der Waals surface area contributed by atoms with Crippen LogP contribution in [0.5, 0.6) is 0 Å². The number of ketones is 1. The molecule has 2 fully saturated rings. The molecule has 7 nitrogen and oxygen atoms in total. The standard InChI is InChI=1S/C35H56O7/c1-5-6-7-8-9-10-11-12-13-14-15-16-17-18-28(37)42-27-20-25-29-26(33(29,4)22-36)19-24(3)34(31(25)39)21-23(2)30(38)35(34,41)32(27)40/h20-21,24-26,29-30,32,36,38,40-41H,5-19,22H2,1-4H3. The van der Waals surface area contributed by atoms with Crippen molar-refractivity contribution in [1.82, 2.24) is 0 Å². The van der Waals surface area contributed by atoms with Crippen LogP contribution in [-0.2, 0) is 14.3 Å². The molecule has 9 unspecified atom stereocenters. The van der Waals surface area contributed by atoms with E-state index in [1.165, 1.54) is 63.9 Å². The van der Waals surface area contributed by atoms with Gasteiger partial charge in [0, 0.05) is 18.9 Å². The van der Waals surface area contributed by atoms with E-state index in [0.717, 1.165) is 19.3 Å². The first-order chi connectivity index (χ1) is 20.0. The van der Waals surface area contributed by atoms with E-state index in [4.69, 9.17) is 4.74 Å². The number of hydrogen-bond acceptors (Lipinski definition) is 7. The highest BCUT2D eigenvalue weighted by atomic mass is 16.5. The van der Waals surface area contributed by atoms with Gasteiger partial charge in [0.1, 0.15) is 23.6 Å². The number of allylic oxidation sites excluding steroid dienone is 1. The number of rotatable bonds is 16. The lowest BCUT2D eigenvalue weighted by Crippen LogP contribution is -2.65. The number of fused-ring (bicyclic) bond motifs is 3. The molecule has 4 N–H and O–H groups in total. The van der Waals surface area contributed by atoms with Gasteiger partial charge in [0.25, 0.3) is 0 Å². The summed E-state index contributed by atoms with van der Waals surface area (Å²) in [6.45, 7) is 7.66. The predicted molar refractivity (Wildman–Crippen MR) is 162 cm³/mol. The van der Waals surface area contributed by atoms with Gasteiger partial charge in [-0.3, -0.25) is 9.59 Å². The Kier molecular flexibility index (Phi) is 10.8. The molecular formula is C35H56O7. The summed E-state index contributed by atoms with van der Waals surface area (Å²) in [5, 5.41) is 45.0. The molecule has 1 spiro atoms. The number of carbonyl (C=O) groups is 2. The van der Waals surface area contributed by atoms with Crippen LogP contribution in [0.25, 0.3) is 0 Å². The first-order valence-corrected chi connectivity index (χ1v) is 16.9. The van der Waals surface area contributed by atoms with E-state index in [2.05, 4.69) is 6.92 Å². The molecule has 0 radical (unpaired) electrons. The summed E-state index contributed by atoms with van der Waals surface area (Å²) in [4.78, 5) is 27.2. The average molecular weight is 589 g/mol. The van der Waals surface area contributed by atoms with Gasteiger partial charge in [-0.15, -0.1) is 0 Å². The summed E-state index contributed by atoms with van der Waals surface area (Å²) in [5.74, 6) is -2.21. The Hall–Kier alpha value is -1.54. The van der Waals surface area contributed by atoms with Gasteiger partial charge >= 0.3 is 5.97 Å². The number of aliphatic hydroxyl groups is 4. The third-order valence-corrected chi connectivity index (χ3v) is 11.5. The van der Waals surface area contributed by atoms with E-state index >= 15 is 0 Å². The maximum Gasteiger partial charge on any atom is 0.310 e. The third kappa shape index (κ3) is 5.80. The van der Waals surface area contributed by atoms with Crippen molar-refractivity contribution in [2.24, 2.45) is 34.5 Å². The zero-order valence-electron chi connectivity index (χ0n) is 26.4. The fraction of sp³-hybridized carbons (Fsp3) is 0.829. The molecule has 238 valence electrons. The highest BCUT2D eigenvalue weighted by molar-refractivity contribution is 5.95. The summed E-state index contributed by atoms with van der Waals surface area (Å²) in [6.07, 6.45) is 16.3. The number of carbonyl (C=O) groups excluding carboxylic acids is 2. The smallest absolute Gasteiger partial charge is 0.310 e. The van der Waals surface area contributed by atoms with Crippen LogP contribution >= 0.6 is 0 Å². The topological polar surface area (TPSA) is 124 Å². The molecule has 42 heavy (non-hydrogen) atoms. The number of hydrogen-bond donors (Lipinski definition) is 4. The number of unbranched alkanes of at least 4 members (excludes halogenated alkanes) is 12. The molecule has 0 aromatic heterocycles. The van der Waals surface area contributed by atoms with E-state index in [1.807, 2.05) is 13.8 Å². The number of ether oxygens (including phenoxy) is 1. The molecule has 4 rings (SSSR count). The minimum absolute atomic E-state index is 0.0516. The zero-order chi connectivity index (χ0) is 30.7. The lowest BCUT2D eigenvalue weighted by atomic mass is 9.59. The van der Waals surface area contributed by atoms with Crippen LogP contribution in [0.3, 0.4) is 0 Å². The van der Waals surface area contributed by atoms with E-state index in [0.29, 0.717) is 18.4 Å². The molecule has 9 atom stereocenters. The summed E-state index contributed by atoms with van der Waals surface area (Å²) in [6, 6.07) is 0. The molecule has 0 aromatic carbocycles. The van der Waals surface area contributed by atoms with E-state index in [-0.39, 0.29) is 36.4 Å². The maximum atomic E-state index is 14.3. The van der Waals surface area contributed by atoms with Crippen molar-refractivity contribution >= 4 is 11.8 Å². The Morgan fingerprint density at radius 1 is 0.952 bits per heavy atom. The predicted octanol–water partition coefficient (Wildman–Crippen LogP) is 5.78. The summed E-state index contributed by atoms with van der Waals surface area (Å²) >= 11 is 0. The normalized spacial score (nSPS) is 38.6. The van der Waals surface area contributed by atoms with Crippen LogP contribution in [0, 0.1) is 34.5 Å². The van der Waals surface area contributed by atoms with Crippen LogP contribution in [0.2, 0.25) is 0 Å². The molecule has 4 aliphatic rings. The van der Waals surface area contributed by atoms with Crippen molar-refractivity contribution < 1.29 is 34.8 Å². The summed E-state index contributed by atoms with van der Waals surface area (Å²) in [5.41, 5.74) is -3.78. The van der Waals surface area contributed by atoms with Gasteiger partial charge in [0.05, 0.1) is 5.41 Å². The van der Waals surface area contributed by atoms with Gasteiger partial charge in [0.15, 0.2) is 5.78 Å². The second-order valence-electron chi connectivity index (χ2n) is 14.2. The van der Waals surface area contributed by atoms with Gasteiger partial charge in [0.2, 0.25) is 0 Å². The molecular weight excluding hydrogens is 532 g/mol. The van der Waals surface area contributed by atoms with Crippen molar-refractivity contribution in [2.45, 2.75) is 142 Å². The first kappa shape index (κ1) is 33.4. The number of Topliss-reactive ketones (excluding diaryl/α,β-unsaturated/α-hetero) is 1. The van der Waals surface area contributed by atoms with Crippen molar-refractivity contribution in [2.75, 3.05) is 6.61 Å². The van der Waals surface area contributed by atoms with Gasteiger partial charge in [-0.05, 0) is 54.6 Å². The van der Waals surface area contributed by atoms with Gasteiger partial charge < -0.3 is 25.2 Å². The van der Waals surface area contributed by atoms with Crippen LogP contribution in [-0.4, -0.2) is 56.6 Å². The third-order valence-electron chi connectivity index (χ3n) is 11.5. The Labute approximate surface area is 252 Å². The van der Waals surface area contributed by atoms with Gasteiger partial charge in [-0.2, -0.15) is 0 Å². The molecule has 0 saturated heterocycles. The molecule has 0 aliphatic heterocycles. The molecule has 0 heterocycles. The van der Waals surface area contributed by atoms with Crippen LogP contribution in [0.15, 0.2) is 23.5 Å². The lowest BCUT2D eigenvalue weighted by molar-refractivity contribution is -0.195. The van der Waals surface area contributed by atoms with Crippen molar-refractivity contribution in [3.63, 3.8) is 0 Å². The minimum Gasteiger partial charge on any atom is -0.428 e. The average Bonchev–Trinajstić information content (AvgIpc) is 3.52. The Morgan fingerprint density at radius 3 is 2.05 bits per heavy atom. The molecule has 2 saturated carbocycles. The van der Waals surface area contributed by atoms with Crippen molar-refractivity contribution in [3.8, 4) is 0 Å². The second-order valence-corrected chi connectivity index (χ2v) is 14.2. The number of aliphatic hydroxyl groups excluding tert-OH is 3. The molecule has 0 aromatic rings. The number of esters is 1. The zero-order valence-corrected chi connectivity index (χ0v) is 26.4. The molecule has 0 amide bonds. The lowest BCUT2D eigenvalue weighted by Gasteiger charge is -2.47. The quantitative estimate of drug-likeness (QED) is 0.102. The summed E-state index contributed by atoms with van der Waals surface area (Å²) in [7, 11) is 0. The van der Waals surface area contributed by atoms with E-state index in [9.17, 15) is 30.0 Å². The van der Waals surface area contributed by atoms with Crippen molar-refractivity contribution in [3.05, 3.63) is 23.5 Å². The molecule has 7 heteroatoms. The van der Waals surface area contributed by atoms with Crippen LogP contribution in [0.1, 0.15) is 124 Å². The van der Waals surface area contributed by atoms with Crippen LogP contribution in [0.4, 0.5) is 0 Å². The first-order valence-electron chi connectivity index (χ1n) is 16.9. The van der Waals surface area contributed by atoms with Crippen LogP contribution < -0.4 is 0 Å². The van der Waals surface area contributed by atoms with Crippen molar-refractivity contribution in [1.29, 1.82) is 0 Å². The highest BCUT2D eigenvalue weighted by Gasteiger charge is 2.76. The Bertz CT molecular complexity index is 1030. The Balaban J connectivity index is 1.33.